The highest BCUT2D eigenvalue weighted by Gasteiger charge is 2.39. The van der Waals surface area contributed by atoms with Crippen LogP contribution in [0.1, 0.15) is 73.4 Å². The van der Waals surface area contributed by atoms with Gasteiger partial charge in [-0.25, -0.2) is 9.37 Å². The predicted molar refractivity (Wildman–Crippen MR) is 149 cm³/mol. The van der Waals surface area contributed by atoms with Crippen molar-refractivity contribution in [3.05, 3.63) is 76.7 Å². The quantitative estimate of drug-likeness (QED) is 0.327. The average molecular weight is 533 g/mol. The van der Waals surface area contributed by atoms with Crippen molar-refractivity contribution in [2.75, 3.05) is 21.2 Å². The molecule has 0 amide bonds. The lowest BCUT2D eigenvalue weighted by atomic mass is 9.82. The van der Waals surface area contributed by atoms with Crippen LogP contribution in [0, 0.1) is 17.7 Å². The second kappa shape index (κ2) is 11.0. The van der Waals surface area contributed by atoms with Crippen molar-refractivity contribution in [3.63, 3.8) is 0 Å². The number of rotatable bonds is 9. The third-order valence-corrected chi connectivity index (χ3v) is 8.48. The van der Waals surface area contributed by atoms with Crippen LogP contribution in [0.25, 0.3) is 11.1 Å². The average Bonchev–Trinajstić information content (AvgIpc) is 3.77. The molecule has 1 N–H and O–H groups in total. The fourth-order valence-electron chi connectivity index (χ4n) is 5.79. The van der Waals surface area contributed by atoms with Crippen LogP contribution in [0.2, 0.25) is 0 Å². The number of carboxylic acid groups (broad SMARTS) is 1. The van der Waals surface area contributed by atoms with Gasteiger partial charge in [0.2, 0.25) is 5.88 Å². The van der Waals surface area contributed by atoms with E-state index in [-0.39, 0.29) is 18.1 Å². The van der Waals surface area contributed by atoms with Gasteiger partial charge in [0.05, 0.1) is 19.2 Å². The lowest BCUT2D eigenvalue weighted by molar-refractivity contribution is -0.142. The van der Waals surface area contributed by atoms with Gasteiger partial charge in [0.25, 0.3) is 0 Å². The molecule has 0 bridgehead atoms. The maximum atomic E-state index is 14.9. The summed E-state index contributed by atoms with van der Waals surface area (Å²) in [5, 5.41) is 9.71. The summed E-state index contributed by atoms with van der Waals surface area (Å²) >= 11 is 0. The van der Waals surface area contributed by atoms with E-state index in [1.807, 2.05) is 33.2 Å². The summed E-state index contributed by atoms with van der Waals surface area (Å²) in [6.45, 7) is 3.91. The first-order valence-electron chi connectivity index (χ1n) is 13.7. The SMILES string of the molecule is COc1cc(-c2ccc(C3CCc4ccc([C@H](C5CC5)[C@H](C)C(=O)O)cc4O3)cc2[C@H](C)N(C)C)c(F)cn1. The van der Waals surface area contributed by atoms with Crippen molar-refractivity contribution in [1.82, 2.24) is 9.88 Å². The Morgan fingerprint density at radius 2 is 1.87 bits per heavy atom. The van der Waals surface area contributed by atoms with E-state index in [1.165, 1.54) is 13.3 Å². The van der Waals surface area contributed by atoms with Crippen LogP contribution < -0.4 is 9.47 Å². The van der Waals surface area contributed by atoms with Crippen molar-refractivity contribution in [2.45, 2.75) is 57.6 Å². The third kappa shape index (κ3) is 5.50. The van der Waals surface area contributed by atoms with Crippen LogP contribution in [0.15, 0.2) is 48.7 Å². The Morgan fingerprint density at radius 3 is 2.54 bits per heavy atom. The second-order valence-corrected chi connectivity index (χ2v) is 11.2. The zero-order valence-electron chi connectivity index (χ0n) is 23.3. The van der Waals surface area contributed by atoms with E-state index in [1.54, 1.807) is 6.07 Å². The van der Waals surface area contributed by atoms with Crippen molar-refractivity contribution < 1.29 is 23.8 Å². The Labute approximate surface area is 229 Å². The molecule has 7 heteroatoms. The molecular weight excluding hydrogens is 495 g/mol. The fraction of sp³-hybridized carbons (Fsp3) is 0.438. The number of ether oxygens (including phenoxy) is 2. The number of methoxy groups -OCH3 is 1. The molecule has 0 saturated heterocycles. The van der Waals surface area contributed by atoms with Crippen LogP contribution in [-0.2, 0) is 11.2 Å². The standard InChI is InChI=1S/C32H37FN2O4/c1-18(32(36)37)31(21-7-8-21)23-9-6-20-11-13-28(39-29(20)15-23)22-10-12-24(25(14-22)19(2)35(3)4)26-16-30(38-5)34-17-27(26)33/h6,9-10,12,14-19,21,28,31H,7-8,11,13H2,1-5H3,(H,36,37)/t18-,19-,28?,31-/m0/s1. The van der Waals surface area contributed by atoms with Crippen LogP contribution in [0.3, 0.4) is 0 Å². The van der Waals surface area contributed by atoms with Gasteiger partial charge in [-0.15, -0.1) is 0 Å². The number of pyridine rings is 1. The van der Waals surface area contributed by atoms with E-state index < -0.39 is 17.7 Å². The number of aryl methyl sites for hydroxylation is 1. The fourth-order valence-corrected chi connectivity index (χ4v) is 5.79. The molecule has 1 aromatic heterocycles. The van der Waals surface area contributed by atoms with Gasteiger partial charge >= 0.3 is 5.97 Å². The summed E-state index contributed by atoms with van der Waals surface area (Å²) < 4.78 is 26.8. The predicted octanol–water partition coefficient (Wildman–Crippen LogP) is 6.80. The summed E-state index contributed by atoms with van der Waals surface area (Å²) in [6.07, 6.45) is 4.90. The van der Waals surface area contributed by atoms with Crippen LogP contribution in [0.5, 0.6) is 11.6 Å². The maximum absolute atomic E-state index is 14.9. The third-order valence-electron chi connectivity index (χ3n) is 8.48. The summed E-state index contributed by atoms with van der Waals surface area (Å²) in [6, 6.07) is 14.0. The van der Waals surface area contributed by atoms with E-state index in [0.717, 1.165) is 59.3 Å². The number of hydrogen-bond donors (Lipinski definition) is 1. The molecule has 4 atom stereocenters. The van der Waals surface area contributed by atoms with E-state index in [2.05, 4.69) is 41.1 Å². The second-order valence-electron chi connectivity index (χ2n) is 11.2. The smallest absolute Gasteiger partial charge is 0.306 e. The van der Waals surface area contributed by atoms with Crippen molar-refractivity contribution in [3.8, 4) is 22.8 Å². The monoisotopic (exact) mass is 532 g/mol. The van der Waals surface area contributed by atoms with Crippen molar-refractivity contribution >= 4 is 5.97 Å². The van der Waals surface area contributed by atoms with Gasteiger partial charge in [-0.2, -0.15) is 0 Å². The number of carbonyl (C=O) groups is 1. The van der Waals surface area contributed by atoms with Crippen LogP contribution in [-0.4, -0.2) is 42.2 Å². The molecule has 2 aliphatic rings. The lowest BCUT2D eigenvalue weighted by Crippen LogP contribution is -2.22. The molecule has 1 aliphatic carbocycles. The Kier molecular flexibility index (Phi) is 7.63. The minimum absolute atomic E-state index is 0.00384. The summed E-state index contributed by atoms with van der Waals surface area (Å²) in [4.78, 5) is 17.9. The molecule has 1 fully saturated rings. The summed E-state index contributed by atoms with van der Waals surface area (Å²) in [7, 11) is 5.54. The molecule has 1 aliphatic heterocycles. The number of hydrogen-bond acceptors (Lipinski definition) is 5. The molecule has 2 heterocycles. The van der Waals surface area contributed by atoms with E-state index >= 15 is 0 Å². The minimum Gasteiger partial charge on any atom is -0.485 e. The molecule has 1 saturated carbocycles. The molecule has 1 unspecified atom stereocenters. The van der Waals surface area contributed by atoms with E-state index in [9.17, 15) is 14.3 Å². The number of fused-ring (bicyclic) bond motifs is 1. The van der Waals surface area contributed by atoms with Crippen molar-refractivity contribution in [2.24, 2.45) is 11.8 Å². The minimum atomic E-state index is -0.755. The zero-order chi connectivity index (χ0) is 27.8. The molecule has 2 aromatic carbocycles. The van der Waals surface area contributed by atoms with Gasteiger partial charge in [0.1, 0.15) is 17.7 Å². The Hall–Kier alpha value is -3.45. The van der Waals surface area contributed by atoms with E-state index in [0.29, 0.717) is 17.4 Å². The normalized spacial score (nSPS) is 19.1. The molecular formula is C32H37FN2O4. The highest BCUT2D eigenvalue weighted by molar-refractivity contribution is 5.71. The van der Waals surface area contributed by atoms with Gasteiger partial charge < -0.3 is 19.5 Å². The van der Waals surface area contributed by atoms with Gasteiger partial charge in [-0.3, -0.25) is 4.79 Å². The van der Waals surface area contributed by atoms with Gasteiger partial charge in [0, 0.05) is 17.7 Å². The number of benzene rings is 2. The molecule has 3 aromatic rings. The number of aromatic nitrogens is 1. The Morgan fingerprint density at radius 1 is 1.10 bits per heavy atom. The molecule has 0 radical (unpaired) electrons. The first kappa shape index (κ1) is 27.1. The Bertz CT molecular complexity index is 1370. The highest BCUT2D eigenvalue weighted by Crippen LogP contribution is 2.48. The number of nitrogens with zero attached hydrogens (tertiary/aromatic N) is 2. The van der Waals surface area contributed by atoms with Gasteiger partial charge in [0.15, 0.2) is 0 Å². The van der Waals surface area contributed by atoms with Gasteiger partial charge in [-0.1, -0.05) is 31.2 Å². The maximum Gasteiger partial charge on any atom is 0.306 e. The highest BCUT2D eigenvalue weighted by atomic mass is 19.1. The number of aliphatic carboxylic acids is 1. The first-order valence-corrected chi connectivity index (χ1v) is 13.7. The number of carboxylic acids is 1. The number of halogens is 1. The molecule has 5 rings (SSSR count). The van der Waals surface area contributed by atoms with Crippen LogP contribution >= 0.6 is 0 Å². The Balaban J connectivity index is 1.49. The summed E-state index contributed by atoms with van der Waals surface area (Å²) in [5.41, 5.74) is 5.49. The topological polar surface area (TPSA) is 71.9 Å². The van der Waals surface area contributed by atoms with Crippen LogP contribution in [0.4, 0.5) is 4.39 Å². The van der Waals surface area contributed by atoms with Crippen molar-refractivity contribution in [1.29, 1.82) is 0 Å². The first-order chi connectivity index (χ1) is 18.7. The molecule has 39 heavy (non-hydrogen) atoms. The molecule has 0 spiro atoms. The van der Waals surface area contributed by atoms with Gasteiger partial charge in [-0.05, 0) is 98.5 Å². The summed E-state index contributed by atoms with van der Waals surface area (Å²) in [5.74, 6) is 0.0251. The largest absolute Gasteiger partial charge is 0.485 e. The lowest BCUT2D eigenvalue weighted by Gasteiger charge is -2.30. The zero-order valence-corrected chi connectivity index (χ0v) is 23.3. The van der Waals surface area contributed by atoms with E-state index in [4.69, 9.17) is 9.47 Å². The molecule has 206 valence electrons. The molecule has 6 nitrogen and oxygen atoms in total.